The van der Waals surface area contributed by atoms with Crippen LogP contribution in [-0.2, 0) is 22.5 Å². The second-order valence-corrected chi connectivity index (χ2v) is 4.28. The van der Waals surface area contributed by atoms with E-state index in [9.17, 15) is 9.59 Å². The van der Waals surface area contributed by atoms with Gasteiger partial charge in [0.2, 0.25) is 0 Å². The number of methoxy groups -OCH3 is 1. The third kappa shape index (κ3) is 3.74. The van der Waals surface area contributed by atoms with Gasteiger partial charge < -0.3 is 4.74 Å². The first kappa shape index (κ1) is 13.9. The predicted octanol–water partition coefficient (Wildman–Crippen LogP) is 1.27. The van der Waals surface area contributed by atoms with Crippen molar-refractivity contribution in [1.29, 1.82) is 0 Å². The highest BCUT2D eigenvalue weighted by Crippen LogP contribution is 2.03. The molecule has 0 aliphatic rings. The van der Waals surface area contributed by atoms with Crippen molar-refractivity contribution in [1.82, 2.24) is 14.8 Å². The van der Waals surface area contributed by atoms with Crippen molar-refractivity contribution in [3.8, 4) is 0 Å². The molecule has 0 saturated heterocycles. The molecule has 2 rings (SSSR count). The van der Waals surface area contributed by atoms with Gasteiger partial charge in [0.15, 0.2) is 5.78 Å². The van der Waals surface area contributed by atoms with Gasteiger partial charge in [-0.3, -0.25) is 4.79 Å². The number of carbonyl (C=O) groups excluding carboxylic acids is 2. The van der Waals surface area contributed by atoms with E-state index in [1.54, 1.807) is 0 Å². The highest BCUT2D eigenvalue weighted by Gasteiger charge is 2.12. The van der Waals surface area contributed by atoms with Crippen LogP contribution in [0.25, 0.3) is 0 Å². The summed E-state index contributed by atoms with van der Waals surface area (Å²) >= 11 is 0. The van der Waals surface area contributed by atoms with E-state index in [0.717, 1.165) is 5.56 Å². The van der Waals surface area contributed by atoms with E-state index >= 15 is 0 Å². The zero-order valence-corrected chi connectivity index (χ0v) is 11.2. The van der Waals surface area contributed by atoms with Crippen LogP contribution in [0.4, 0.5) is 0 Å². The molecule has 0 spiro atoms. The lowest BCUT2D eigenvalue weighted by Crippen LogP contribution is -2.12. The summed E-state index contributed by atoms with van der Waals surface area (Å²) in [6, 6.07) is 9.80. The number of Topliss-reactive ketones (excluding diaryl/α,β-unsaturated/α-hetero) is 1. The molecule has 6 nitrogen and oxygen atoms in total. The molecule has 20 heavy (non-hydrogen) atoms. The molecule has 1 aromatic carbocycles. The molecule has 0 aliphatic heterocycles. The number of aryl methyl sites for hydroxylation is 1. The van der Waals surface area contributed by atoms with Gasteiger partial charge in [-0.1, -0.05) is 30.3 Å². The number of rotatable bonds is 6. The molecule has 1 heterocycles. The molecule has 0 radical (unpaired) electrons. The molecule has 104 valence electrons. The van der Waals surface area contributed by atoms with Gasteiger partial charge in [0.25, 0.3) is 5.82 Å². The van der Waals surface area contributed by atoms with Crippen LogP contribution in [0.5, 0.6) is 0 Å². The lowest BCUT2D eigenvalue weighted by molar-refractivity contribution is -0.119. The van der Waals surface area contributed by atoms with Gasteiger partial charge in [-0.2, -0.15) is 0 Å². The number of aromatic nitrogens is 3. The maximum absolute atomic E-state index is 11.8. The lowest BCUT2D eigenvalue weighted by Gasteiger charge is -2.01. The molecule has 0 unspecified atom stereocenters. The summed E-state index contributed by atoms with van der Waals surface area (Å²) in [6.07, 6.45) is 2.47. The number of esters is 1. The fourth-order valence-corrected chi connectivity index (χ4v) is 1.74. The largest absolute Gasteiger partial charge is 0.463 e. The number of carbonyl (C=O) groups is 2. The predicted molar refractivity (Wildman–Crippen MR) is 71.1 cm³/mol. The Balaban J connectivity index is 1.85. The molecule has 0 amide bonds. The van der Waals surface area contributed by atoms with Crippen LogP contribution in [0.15, 0.2) is 36.7 Å². The van der Waals surface area contributed by atoms with Crippen LogP contribution in [0, 0.1) is 0 Å². The minimum Gasteiger partial charge on any atom is -0.463 e. The van der Waals surface area contributed by atoms with Gasteiger partial charge in [-0.05, 0) is 12.0 Å². The van der Waals surface area contributed by atoms with E-state index in [4.69, 9.17) is 0 Å². The van der Waals surface area contributed by atoms with Crippen molar-refractivity contribution in [2.24, 2.45) is 0 Å². The summed E-state index contributed by atoms with van der Waals surface area (Å²) < 4.78 is 5.84. The summed E-state index contributed by atoms with van der Waals surface area (Å²) in [5.41, 5.74) is 1.12. The number of hydrogen-bond donors (Lipinski definition) is 0. The van der Waals surface area contributed by atoms with E-state index in [1.807, 2.05) is 30.3 Å². The Morgan fingerprint density at radius 2 is 2.00 bits per heavy atom. The van der Waals surface area contributed by atoms with Crippen molar-refractivity contribution in [2.45, 2.75) is 19.4 Å². The second kappa shape index (κ2) is 6.60. The molecule has 0 N–H and O–H groups in total. The first-order chi connectivity index (χ1) is 9.69. The molecule has 2 aromatic rings. The lowest BCUT2D eigenvalue weighted by atomic mass is 10.1. The smallest absolute Gasteiger partial charge is 0.377 e. The highest BCUT2D eigenvalue weighted by molar-refractivity contribution is 5.84. The topological polar surface area (TPSA) is 74.1 Å². The Morgan fingerprint density at radius 1 is 1.25 bits per heavy atom. The van der Waals surface area contributed by atoms with Gasteiger partial charge >= 0.3 is 5.97 Å². The first-order valence-corrected chi connectivity index (χ1v) is 6.22. The zero-order chi connectivity index (χ0) is 14.4. The van der Waals surface area contributed by atoms with Gasteiger partial charge in [-0.25, -0.2) is 14.5 Å². The molecule has 0 bridgehead atoms. The number of nitrogens with zero attached hydrogens (tertiary/aromatic N) is 3. The van der Waals surface area contributed by atoms with E-state index in [1.165, 1.54) is 18.1 Å². The molecule has 0 aliphatic carbocycles. The fraction of sp³-hybridized carbons (Fsp3) is 0.286. The average molecular weight is 273 g/mol. The summed E-state index contributed by atoms with van der Waals surface area (Å²) in [6.45, 7) is 0.108. The molecule has 1 aromatic heterocycles. The summed E-state index contributed by atoms with van der Waals surface area (Å²) in [4.78, 5) is 26.8. The zero-order valence-electron chi connectivity index (χ0n) is 11.2. The van der Waals surface area contributed by atoms with Gasteiger partial charge in [-0.15, -0.1) is 5.10 Å². The maximum Gasteiger partial charge on any atom is 0.377 e. The van der Waals surface area contributed by atoms with Crippen LogP contribution in [0.3, 0.4) is 0 Å². The van der Waals surface area contributed by atoms with Crippen molar-refractivity contribution in [3.63, 3.8) is 0 Å². The summed E-state index contributed by atoms with van der Waals surface area (Å²) in [5, 5.41) is 3.89. The van der Waals surface area contributed by atoms with E-state index in [0.29, 0.717) is 12.8 Å². The highest BCUT2D eigenvalue weighted by atomic mass is 16.5. The minimum absolute atomic E-state index is 0.0372. The van der Waals surface area contributed by atoms with Gasteiger partial charge in [0, 0.05) is 6.42 Å². The molecule has 0 atom stereocenters. The van der Waals surface area contributed by atoms with Crippen LogP contribution >= 0.6 is 0 Å². The number of ketones is 1. The maximum atomic E-state index is 11.8. The standard InChI is InChI=1S/C14H15N3O3/c1-20-14(19)13-15-10-17(16-13)9-12(18)8-7-11-5-3-2-4-6-11/h2-6,10H,7-9H2,1H3. The van der Waals surface area contributed by atoms with Crippen LogP contribution in [0.2, 0.25) is 0 Å². The van der Waals surface area contributed by atoms with E-state index in [2.05, 4.69) is 14.8 Å². The van der Waals surface area contributed by atoms with E-state index < -0.39 is 5.97 Å². The van der Waals surface area contributed by atoms with Gasteiger partial charge in [0.1, 0.15) is 12.9 Å². The Bertz CT molecular complexity index is 593. The number of benzene rings is 1. The first-order valence-electron chi connectivity index (χ1n) is 6.22. The molecular formula is C14H15N3O3. The van der Waals surface area contributed by atoms with Crippen LogP contribution < -0.4 is 0 Å². The van der Waals surface area contributed by atoms with Crippen molar-refractivity contribution in [2.75, 3.05) is 7.11 Å². The van der Waals surface area contributed by atoms with Crippen LogP contribution in [0.1, 0.15) is 22.6 Å². The van der Waals surface area contributed by atoms with Crippen molar-refractivity contribution < 1.29 is 14.3 Å². The van der Waals surface area contributed by atoms with Crippen molar-refractivity contribution >= 4 is 11.8 Å². The number of hydrogen-bond acceptors (Lipinski definition) is 5. The second-order valence-electron chi connectivity index (χ2n) is 4.28. The Hall–Kier alpha value is -2.50. The Kier molecular flexibility index (Phi) is 4.60. The van der Waals surface area contributed by atoms with Crippen molar-refractivity contribution in [3.05, 3.63) is 48.0 Å². The molecule has 0 fully saturated rings. The average Bonchev–Trinajstić information content (AvgIpc) is 2.94. The fourth-order valence-electron chi connectivity index (χ4n) is 1.74. The quantitative estimate of drug-likeness (QED) is 0.741. The third-order valence-corrected chi connectivity index (χ3v) is 2.78. The Morgan fingerprint density at radius 3 is 2.70 bits per heavy atom. The minimum atomic E-state index is -0.611. The molecule has 0 saturated carbocycles. The summed E-state index contributed by atoms with van der Waals surface area (Å²) in [5.74, 6) is -0.612. The van der Waals surface area contributed by atoms with Gasteiger partial charge in [0.05, 0.1) is 7.11 Å². The van der Waals surface area contributed by atoms with Crippen LogP contribution in [-0.4, -0.2) is 33.6 Å². The monoisotopic (exact) mass is 273 g/mol. The summed E-state index contributed by atoms with van der Waals surface area (Å²) in [7, 11) is 1.26. The number of ether oxygens (including phenoxy) is 1. The Labute approximate surface area is 116 Å². The normalized spacial score (nSPS) is 10.2. The SMILES string of the molecule is COC(=O)c1ncn(CC(=O)CCc2ccccc2)n1. The van der Waals surface area contributed by atoms with E-state index in [-0.39, 0.29) is 18.2 Å². The third-order valence-electron chi connectivity index (χ3n) is 2.78. The molecule has 6 heteroatoms. The molecular weight excluding hydrogens is 258 g/mol.